The molecule has 0 saturated carbocycles. The number of aryl methyl sites for hydroxylation is 1. The van der Waals surface area contributed by atoms with E-state index in [4.69, 9.17) is 4.74 Å². The number of aliphatic hydroxyl groups is 2. The molecule has 0 bridgehead atoms. The lowest BCUT2D eigenvalue weighted by Crippen LogP contribution is -2.04. The van der Waals surface area contributed by atoms with Crippen molar-refractivity contribution in [2.24, 2.45) is 0 Å². The van der Waals surface area contributed by atoms with Gasteiger partial charge >= 0.3 is 0 Å². The number of rotatable bonds is 7. The van der Waals surface area contributed by atoms with E-state index in [0.29, 0.717) is 24.3 Å². The lowest BCUT2D eigenvalue weighted by Gasteiger charge is -2.11. The SMILES string of the molecule is OC(O)c1ccccc1CCCOc1ccc(-c2ccn[nH]2)nc1. The van der Waals surface area contributed by atoms with E-state index < -0.39 is 6.29 Å². The van der Waals surface area contributed by atoms with Crippen LogP contribution in [0.3, 0.4) is 0 Å². The number of H-pyrrole nitrogens is 1. The molecule has 0 radical (unpaired) electrons. The Hall–Kier alpha value is -2.70. The van der Waals surface area contributed by atoms with Crippen molar-refractivity contribution in [1.29, 1.82) is 0 Å². The van der Waals surface area contributed by atoms with E-state index in [1.165, 1.54) is 0 Å². The van der Waals surface area contributed by atoms with Crippen molar-refractivity contribution >= 4 is 0 Å². The van der Waals surface area contributed by atoms with E-state index >= 15 is 0 Å². The molecule has 0 saturated heterocycles. The van der Waals surface area contributed by atoms with E-state index in [9.17, 15) is 10.2 Å². The molecule has 0 unspecified atom stereocenters. The molecule has 2 heterocycles. The second-order valence-corrected chi connectivity index (χ2v) is 5.37. The fraction of sp³-hybridized carbons (Fsp3) is 0.222. The Balaban J connectivity index is 1.50. The Morgan fingerprint density at radius 1 is 1.08 bits per heavy atom. The normalized spacial score (nSPS) is 11.0. The number of aromatic amines is 1. The summed E-state index contributed by atoms with van der Waals surface area (Å²) < 4.78 is 5.69. The quantitative estimate of drug-likeness (QED) is 0.458. The predicted octanol–water partition coefficient (Wildman–Crippen LogP) is 2.47. The summed E-state index contributed by atoms with van der Waals surface area (Å²) in [5.41, 5.74) is 3.14. The number of aromatic nitrogens is 3. The van der Waals surface area contributed by atoms with Gasteiger partial charge in [-0.2, -0.15) is 5.10 Å². The van der Waals surface area contributed by atoms with Gasteiger partial charge in [-0.25, -0.2) is 0 Å². The molecular formula is C18H19N3O3. The van der Waals surface area contributed by atoms with Crippen LogP contribution in [0.4, 0.5) is 0 Å². The molecule has 6 nitrogen and oxygen atoms in total. The smallest absolute Gasteiger partial charge is 0.178 e. The number of hydrogen-bond acceptors (Lipinski definition) is 5. The zero-order chi connectivity index (χ0) is 16.8. The van der Waals surface area contributed by atoms with Gasteiger partial charge in [0.1, 0.15) is 5.75 Å². The van der Waals surface area contributed by atoms with Crippen molar-refractivity contribution in [3.05, 3.63) is 66.0 Å². The van der Waals surface area contributed by atoms with E-state index in [0.717, 1.165) is 23.4 Å². The van der Waals surface area contributed by atoms with Crippen molar-refractivity contribution in [2.75, 3.05) is 6.61 Å². The highest BCUT2D eigenvalue weighted by atomic mass is 16.5. The van der Waals surface area contributed by atoms with Crippen LogP contribution in [0, 0.1) is 0 Å². The Labute approximate surface area is 139 Å². The Morgan fingerprint density at radius 3 is 2.67 bits per heavy atom. The van der Waals surface area contributed by atoms with Crippen LogP contribution in [-0.4, -0.2) is 32.0 Å². The molecule has 0 aliphatic rings. The molecule has 0 amide bonds. The molecule has 0 spiro atoms. The van der Waals surface area contributed by atoms with Crippen LogP contribution in [0.25, 0.3) is 11.4 Å². The minimum atomic E-state index is -1.44. The minimum absolute atomic E-state index is 0.529. The first kappa shape index (κ1) is 16.2. The van der Waals surface area contributed by atoms with Crippen molar-refractivity contribution < 1.29 is 14.9 Å². The molecule has 2 aromatic heterocycles. The predicted molar refractivity (Wildman–Crippen MR) is 89.3 cm³/mol. The van der Waals surface area contributed by atoms with Crippen LogP contribution in [0.15, 0.2) is 54.9 Å². The van der Waals surface area contributed by atoms with Gasteiger partial charge in [-0.05, 0) is 36.6 Å². The number of pyridine rings is 1. The number of aliphatic hydroxyl groups excluding tert-OH is 1. The molecule has 124 valence electrons. The maximum Gasteiger partial charge on any atom is 0.178 e. The summed E-state index contributed by atoms with van der Waals surface area (Å²) in [6, 6.07) is 12.9. The molecule has 6 heteroatoms. The summed E-state index contributed by atoms with van der Waals surface area (Å²) in [6.07, 6.45) is 3.41. The Bertz CT molecular complexity index is 755. The van der Waals surface area contributed by atoms with Gasteiger partial charge in [0.15, 0.2) is 6.29 Å². The molecule has 3 rings (SSSR count). The summed E-state index contributed by atoms with van der Waals surface area (Å²) >= 11 is 0. The van der Waals surface area contributed by atoms with Crippen LogP contribution in [0.1, 0.15) is 23.8 Å². The molecule has 0 aliphatic carbocycles. The molecule has 1 aromatic carbocycles. The van der Waals surface area contributed by atoms with Crippen LogP contribution >= 0.6 is 0 Å². The zero-order valence-corrected chi connectivity index (χ0v) is 13.1. The molecule has 3 aromatic rings. The van der Waals surface area contributed by atoms with Crippen LogP contribution in [0.5, 0.6) is 5.75 Å². The van der Waals surface area contributed by atoms with Crippen molar-refractivity contribution in [2.45, 2.75) is 19.1 Å². The lowest BCUT2D eigenvalue weighted by atomic mass is 10.0. The first-order chi connectivity index (χ1) is 11.7. The zero-order valence-electron chi connectivity index (χ0n) is 13.1. The third kappa shape index (κ3) is 3.98. The van der Waals surface area contributed by atoms with Gasteiger partial charge in [-0.3, -0.25) is 10.1 Å². The standard InChI is InChI=1S/C18H19N3O3/c22-18(23)15-6-2-1-4-13(15)5-3-11-24-14-7-8-16(19-12-14)17-9-10-20-21-17/h1-2,4,6-10,12,18,22-23H,3,5,11H2,(H,20,21). The second kappa shape index (κ2) is 7.72. The summed E-state index contributed by atoms with van der Waals surface area (Å²) in [6.45, 7) is 0.529. The average Bonchev–Trinajstić information content (AvgIpc) is 3.14. The van der Waals surface area contributed by atoms with Crippen molar-refractivity contribution in [3.63, 3.8) is 0 Å². The third-order valence-corrected chi connectivity index (χ3v) is 3.71. The van der Waals surface area contributed by atoms with Gasteiger partial charge in [-0.15, -0.1) is 0 Å². The number of hydrogen-bond donors (Lipinski definition) is 3. The van der Waals surface area contributed by atoms with Crippen molar-refractivity contribution in [3.8, 4) is 17.1 Å². The Morgan fingerprint density at radius 2 is 1.96 bits per heavy atom. The first-order valence-electron chi connectivity index (χ1n) is 7.76. The number of benzene rings is 1. The van der Waals surface area contributed by atoms with Gasteiger partial charge in [-0.1, -0.05) is 24.3 Å². The van der Waals surface area contributed by atoms with Gasteiger partial charge in [0.25, 0.3) is 0 Å². The molecule has 0 atom stereocenters. The number of nitrogens with zero attached hydrogens (tertiary/aromatic N) is 2. The van der Waals surface area contributed by atoms with E-state index in [1.807, 2.05) is 30.3 Å². The molecular weight excluding hydrogens is 306 g/mol. The number of nitrogens with one attached hydrogen (secondary N) is 1. The summed E-state index contributed by atoms with van der Waals surface area (Å²) in [5, 5.41) is 25.5. The van der Waals surface area contributed by atoms with Crippen molar-refractivity contribution in [1.82, 2.24) is 15.2 Å². The second-order valence-electron chi connectivity index (χ2n) is 5.37. The maximum absolute atomic E-state index is 9.35. The maximum atomic E-state index is 9.35. The molecule has 0 fully saturated rings. The summed E-state index contributed by atoms with van der Waals surface area (Å²) in [4.78, 5) is 4.33. The molecule has 24 heavy (non-hydrogen) atoms. The lowest BCUT2D eigenvalue weighted by molar-refractivity contribution is -0.0431. The van der Waals surface area contributed by atoms with Crippen LogP contribution in [0.2, 0.25) is 0 Å². The first-order valence-corrected chi connectivity index (χ1v) is 7.76. The van der Waals surface area contributed by atoms with E-state index in [2.05, 4.69) is 15.2 Å². The summed E-state index contributed by atoms with van der Waals surface area (Å²) in [5.74, 6) is 0.703. The third-order valence-electron chi connectivity index (χ3n) is 3.71. The van der Waals surface area contributed by atoms with E-state index in [1.54, 1.807) is 24.5 Å². The van der Waals surface area contributed by atoms with Gasteiger partial charge in [0.2, 0.25) is 0 Å². The van der Waals surface area contributed by atoms with Gasteiger partial charge in [0.05, 0.1) is 24.2 Å². The monoisotopic (exact) mass is 325 g/mol. The fourth-order valence-electron chi connectivity index (χ4n) is 2.49. The highest BCUT2D eigenvalue weighted by molar-refractivity contribution is 5.53. The number of ether oxygens (including phenoxy) is 1. The largest absolute Gasteiger partial charge is 0.492 e. The van der Waals surface area contributed by atoms with Crippen LogP contribution in [-0.2, 0) is 6.42 Å². The molecule has 3 N–H and O–H groups in total. The minimum Gasteiger partial charge on any atom is -0.492 e. The van der Waals surface area contributed by atoms with E-state index in [-0.39, 0.29) is 0 Å². The summed E-state index contributed by atoms with van der Waals surface area (Å²) in [7, 11) is 0. The van der Waals surface area contributed by atoms with Crippen LogP contribution < -0.4 is 4.74 Å². The van der Waals surface area contributed by atoms with Gasteiger partial charge < -0.3 is 14.9 Å². The van der Waals surface area contributed by atoms with Gasteiger partial charge in [0, 0.05) is 11.8 Å². The highest BCUT2D eigenvalue weighted by Gasteiger charge is 2.08. The average molecular weight is 325 g/mol. The fourth-order valence-corrected chi connectivity index (χ4v) is 2.49. The molecule has 0 aliphatic heterocycles. The highest BCUT2D eigenvalue weighted by Crippen LogP contribution is 2.19. The topological polar surface area (TPSA) is 91.3 Å². The Kier molecular flexibility index (Phi) is 5.20.